The Bertz CT molecular complexity index is 956. The molecule has 1 N–H and O–H groups in total. The van der Waals surface area contributed by atoms with Crippen molar-refractivity contribution >= 4 is 28.0 Å². The Kier molecular flexibility index (Phi) is 9.85. The molecule has 1 rings (SSSR count). The van der Waals surface area contributed by atoms with E-state index in [-0.39, 0.29) is 0 Å². The first-order valence-electron chi connectivity index (χ1n) is 11.2. The van der Waals surface area contributed by atoms with Crippen LogP contribution in [-0.4, -0.2) is 74.3 Å². The van der Waals surface area contributed by atoms with E-state index in [0.717, 1.165) is 0 Å². The van der Waals surface area contributed by atoms with Gasteiger partial charge in [-0.25, -0.2) is 0 Å². The van der Waals surface area contributed by atoms with Crippen LogP contribution in [0.1, 0.15) is 62.3 Å². The van der Waals surface area contributed by atoms with Crippen LogP contribution in [0.3, 0.4) is 0 Å². The van der Waals surface area contributed by atoms with E-state index in [9.17, 15) is 41.1 Å². The number of halogens is 3. The van der Waals surface area contributed by atoms with E-state index in [4.69, 9.17) is 18.9 Å². The fraction of sp³-hybridized carbons (Fsp3) is 0.864. The highest BCUT2D eigenvalue weighted by Crippen LogP contribution is 2.35. The zero-order chi connectivity index (χ0) is 29.4. The molecule has 37 heavy (non-hydrogen) atoms. The lowest BCUT2D eigenvalue weighted by Crippen LogP contribution is -2.63. The third-order valence-electron chi connectivity index (χ3n) is 4.83. The zero-order valence-electron chi connectivity index (χ0n) is 22.2. The summed E-state index contributed by atoms with van der Waals surface area (Å²) in [7, 11) is -6.33. The van der Waals surface area contributed by atoms with Crippen LogP contribution in [0.25, 0.3) is 0 Å². The first kappa shape index (κ1) is 33.1. The number of ether oxygens (including phenoxy) is 4. The third kappa shape index (κ3) is 8.79. The lowest BCUT2D eigenvalue weighted by atomic mass is 9.94. The highest BCUT2D eigenvalue weighted by Gasteiger charge is 2.57. The highest BCUT2D eigenvalue weighted by molar-refractivity contribution is 7.87. The van der Waals surface area contributed by atoms with Crippen LogP contribution in [0.15, 0.2) is 0 Å². The van der Waals surface area contributed by atoms with E-state index in [1.165, 1.54) is 62.3 Å². The molecule has 11 nitrogen and oxygen atoms in total. The van der Waals surface area contributed by atoms with Crippen molar-refractivity contribution in [3.63, 3.8) is 0 Å². The molecule has 0 amide bonds. The minimum Gasteiger partial charge on any atom is -0.462 e. The second-order valence-corrected chi connectivity index (χ2v) is 13.2. The Hall–Kier alpha value is -1.97. The molecule has 1 fully saturated rings. The van der Waals surface area contributed by atoms with E-state index in [0.29, 0.717) is 0 Å². The van der Waals surface area contributed by atoms with Crippen LogP contribution >= 0.6 is 0 Å². The van der Waals surface area contributed by atoms with Crippen LogP contribution in [0, 0.1) is 16.2 Å². The third-order valence-corrected chi connectivity index (χ3v) is 5.88. The average molecular weight is 565 g/mol. The summed E-state index contributed by atoms with van der Waals surface area (Å²) in [5.41, 5.74) is -9.34. The van der Waals surface area contributed by atoms with Crippen molar-refractivity contribution in [3.05, 3.63) is 0 Å². The maximum absolute atomic E-state index is 13.1. The summed E-state index contributed by atoms with van der Waals surface area (Å²) in [4.78, 5) is 37.7. The molecule has 0 bridgehead atoms. The van der Waals surface area contributed by atoms with E-state index in [2.05, 4.69) is 4.18 Å². The molecular weight excluding hydrogens is 529 g/mol. The van der Waals surface area contributed by atoms with Crippen molar-refractivity contribution in [2.24, 2.45) is 16.2 Å². The molecule has 1 aliphatic heterocycles. The van der Waals surface area contributed by atoms with Gasteiger partial charge in [0.2, 0.25) is 0 Å². The number of carbonyl (C=O) groups is 3. The molecule has 0 aromatic heterocycles. The van der Waals surface area contributed by atoms with Crippen molar-refractivity contribution < 1.29 is 64.2 Å². The molecule has 0 spiro atoms. The Morgan fingerprint density at radius 2 is 1.16 bits per heavy atom. The monoisotopic (exact) mass is 564 g/mol. The Morgan fingerprint density at radius 3 is 1.54 bits per heavy atom. The van der Waals surface area contributed by atoms with Gasteiger partial charge in [-0.3, -0.25) is 18.6 Å². The van der Waals surface area contributed by atoms with E-state index in [1.54, 1.807) is 0 Å². The van der Waals surface area contributed by atoms with Gasteiger partial charge in [-0.15, -0.1) is 0 Å². The first-order chi connectivity index (χ1) is 16.3. The predicted molar refractivity (Wildman–Crippen MR) is 120 cm³/mol. The number of carbonyl (C=O) groups excluding carboxylic acids is 3. The van der Waals surface area contributed by atoms with Crippen LogP contribution in [-0.2, 0) is 47.6 Å². The largest absolute Gasteiger partial charge is 0.523 e. The number of aliphatic hydroxyl groups excluding tert-OH is 1. The van der Waals surface area contributed by atoms with E-state index >= 15 is 0 Å². The van der Waals surface area contributed by atoms with Gasteiger partial charge >= 0.3 is 33.5 Å². The van der Waals surface area contributed by atoms with Crippen molar-refractivity contribution in [2.75, 3.05) is 6.61 Å². The number of hydrogen-bond acceptors (Lipinski definition) is 11. The summed E-state index contributed by atoms with van der Waals surface area (Å²) in [5.74, 6) is -2.74. The minimum absolute atomic E-state index is 0.697. The first-order valence-corrected chi connectivity index (χ1v) is 12.6. The standard InChI is InChI=1S/C22H35F3O11S/c1-19(2,3)16(27)32-10-11-12(34-17(28)20(4,5)6)13(35-18(29)21(7,8)9)14(15(26)33-11)36-37(30,31)22(23,24)25/h11-15,26H,10H2,1-9H3/t11?,12-,13-,14?,15?/m0/s1. The maximum atomic E-state index is 13.1. The SMILES string of the molecule is CC(C)(C)C(=O)OCC1OC(O)C(OS(=O)(=O)C(F)(F)F)[C@@H](OC(=O)C(C)(C)C)[C@H]1OC(=O)C(C)(C)C. The fourth-order valence-electron chi connectivity index (χ4n) is 2.58. The number of esters is 3. The van der Waals surface area contributed by atoms with Crippen molar-refractivity contribution in [3.8, 4) is 0 Å². The number of hydrogen-bond donors (Lipinski definition) is 1. The topological polar surface area (TPSA) is 152 Å². The highest BCUT2D eigenvalue weighted by atomic mass is 32.2. The molecule has 0 aromatic rings. The van der Waals surface area contributed by atoms with Gasteiger partial charge in [0.25, 0.3) is 0 Å². The van der Waals surface area contributed by atoms with Gasteiger partial charge in [0.05, 0.1) is 16.2 Å². The van der Waals surface area contributed by atoms with Crippen LogP contribution in [0.5, 0.6) is 0 Å². The van der Waals surface area contributed by atoms with Crippen LogP contribution < -0.4 is 0 Å². The molecule has 1 aliphatic rings. The van der Waals surface area contributed by atoms with Gasteiger partial charge < -0.3 is 24.1 Å². The van der Waals surface area contributed by atoms with Crippen molar-refractivity contribution in [2.45, 2.75) is 98.5 Å². The summed E-state index contributed by atoms with van der Waals surface area (Å²) in [5, 5.41) is 10.4. The molecule has 15 heteroatoms. The normalized spacial score (nSPS) is 25.8. The molecule has 5 atom stereocenters. The lowest BCUT2D eigenvalue weighted by Gasteiger charge is -2.44. The molecule has 1 heterocycles. The van der Waals surface area contributed by atoms with Gasteiger partial charge in [-0.05, 0) is 62.3 Å². The summed E-state index contributed by atoms with van der Waals surface area (Å²) in [6.07, 6.45) is -10.5. The van der Waals surface area contributed by atoms with Crippen LogP contribution in [0.4, 0.5) is 13.2 Å². The smallest absolute Gasteiger partial charge is 0.462 e. The van der Waals surface area contributed by atoms with Gasteiger partial charge in [0.1, 0.15) is 12.7 Å². The van der Waals surface area contributed by atoms with E-state index < -0.39 is 87.1 Å². The number of rotatable bonds is 6. The summed E-state index contributed by atoms with van der Waals surface area (Å²) >= 11 is 0. The van der Waals surface area contributed by atoms with Gasteiger partial charge in [-0.2, -0.15) is 21.6 Å². The van der Waals surface area contributed by atoms with Gasteiger partial charge in [0, 0.05) is 0 Å². The predicted octanol–water partition coefficient (Wildman–Crippen LogP) is 2.44. The quantitative estimate of drug-likeness (QED) is 0.219. The molecule has 216 valence electrons. The molecule has 0 saturated carbocycles. The summed E-state index contributed by atoms with van der Waals surface area (Å²) in [6, 6.07) is 0. The van der Waals surface area contributed by atoms with Gasteiger partial charge in [-0.1, -0.05) is 0 Å². The summed E-state index contributed by atoms with van der Waals surface area (Å²) < 4.78 is 87.9. The molecular formula is C22H35F3O11S. The lowest BCUT2D eigenvalue weighted by molar-refractivity contribution is -0.291. The molecule has 1 saturated heterocycles. The van der Waals surface area contributed by atoms with Crippen LogP contribution in [0.2, 0.25) is 0 Å². The van der Waals surface area contributed by atoms with Crippen molar-refractivity contribution in [1.29, 1.82) is 0 Å². The number of aliphatic hydroxyl groups is 1. The Labute approximate surface area is 214 Å². The molecule has 0 aliphatic carbocycles. The van der Waals surface area contributed by atoms with E-state index in [1.807, 2.05) is 0 Å². The molecule has 3 unspecified atom stereocenters. The average Bonchev–Trinajstić information content (AvgIpc) is 2.67. The second kappa shape index (κ2) is 11.0. The molecule has 0 radical (unpaired) electrons. The maximum Gasteiger partial charge on any atom is 0.523 e. The second-order valence-electron chi connectivity index (χ2n) is 11.6. The zero-order valence-corrected chi connectivity index (χ0v) is 23.0. The molecule has 0 aromatic carbocycles. The van der Waals surface area contributed by atoms with Gasteiger partial charge in [0.15, 0.2) is 24.6 Å². The fourth-order valence-corrected chi connectivity index (χ4v) is 3.19. The Morgan fingerprint density at radius 1 is 0.757 bits per heavy atom. The summed E-state index contributed by atoms with van der Waals surface area (Å²) in [6.45, 7) is 12.4. The Balaban J connectivity index is 3.59. The number of alkyl halides is 3. The van der Waals surface area contributed by atoms with Crippen molar-refractivity contribution in [1.82, 2.24) is 0 Å². The minimum atomic E-state index is -6.33.